The van der Waals surface area contributed by atoms with Gasteiger partial charge in [-0.15, -0.1) is 0 Å². The van der Waals surface area contributed by atoms with E-state index < -0.39 is 10.0 Å². The molecule has 1 heterocycles. The summed E-state index contributed by atoms with van der Waals surface area (Å²) in [5.74, 6) is 0. The molecule has 1 saturated heterocycles. The highest BCUT2D eigenvalue weighted by molar-refractivity contribution is 7.92. The fraction of sp³-hybridized carbons (Fsp3) is 0.381. The maximum atomic E-state index is 11.7. The van der Waals surface area contributed by atoms with E-state index in [-0.39, 0.29) is 0 Å². The Morgan fingerprint density at radius 2 is 1.77 bits per heavy atom. The molecule has 0 bridgehead atoms. The molecule has 3 rings (SSSR count). The lowest BCUT2D eigenvalue weighted by molar-refractivity contribution is 0.313. The smallest absolute Gasteiger partial charge is 0.231 e. The summed E-state index contributed by atoms with van der Waals surface area (Å²) in [4.78, 5) is 4.75. The summed E-state index contributed by atoms with van der Waals surface area (Å²) in [5.41, 5.74) is 3.69. The van der Waals surface area contributed by atoms with E-state index in [1.165, 1.54) is 23.3 Å². The van der Waals surface area contributed by atoms with Crippen LogP contribution in [0.2, 0.25) is 0 Å². The first kappa shape index (κ1) is 22.3. The SMILES string of the molecule is CN1CCN(c2ccc(CNC(=S)Nc3cccc(N(C)S(C)(=O)=O)c3)cc2)CC1. The van der Waals surface area contributed by atoms with Crippen molar-refractivity contribution in [2.45, 2.75) is 6.54 Å². The Balaban J connectivity index is 1.52. The number of benzene rings is 2. The number of nitrogens with one attached hydrogen (secondary N) is 2. The van der Waals surface area contributed by atoms with Gasteiger partial charge in [0.05, 0.1) is 11.9 Å². The monoisotopic (exact) mass is 447 g/mol. The Hall–Kier alpha value is -2.36. The van der Waals surface area contributed by atoms with E-state index in [0.717, 1.165) is 37.4 Å². The van der Waals surface area contributed by atoms with Crippen molar-refractivity contribution in [2.75, 3.05) is 61.1 Å². The Bertz CT molecular complexity index is 971. The fourth-order valence-corrected chi connectivity index (χ4v) is 3.90. The van der Waals surface area contributed by atoms with Crippen LogP contribution in [0.3, 0.4) is 0 Å². The molecule has 0 spiro atoms. The van der Waals surface area contributed by atoms with Crippen LogP contribution in [-0.2, 0) is 16.6 Å². The largest absolute Gasteiger partial charge is 0.369 e. The second-order valence-electron chi connectivity index (χ2n) is 7.55. The molecule has 0 aliphatic carbocycles. The van der Waals surface area contributed by atoms with Gasteiger partial charge < -0.3 is 20.4 Å². The van der Waals surface area contributed by atoms with Crippen LogP contribution in [0.15, 0.2) is 48.5 Å². The van der Waals surface area contributed by atoms with Crippen LogP contribution in [-0.4, -0.2) is 65.0 Å². The summed E-state index contributed by atoms with van der Waals surface area (Å²) in [7, 11) is 0.370. The van der Waals surface area contributed by atoms with Gasteiger partial charge in [0.15, 0.2) is 5.11 Å². The van der Waals surface area contributed by atoms with Crippen LogP contribution < -0.4 is 19.8 Å². The van der Waals surface area contributed by atoms with Crippen molar-refractivity contribution in [1.82, 2.24) is 10.2 Å². The molecular weight excluding hydrogens is 418 g/mol. The molecule has 2 aromatic carbocycles. The van der Waals surface area contributed by atoms with Crippen LogP contribution in [0, 0.1) is 0 Å². The normalized spacial score (nSPS) is 15.0. The third-order valence-corrected chi connectivity index (χ3v) is 6.68. The van der Waals surface area contributed by atoms with Crippen LogP contribution in [0.5, 0.6) is 0 Å². The van der Waals surface area contributed by atoms with Crippen molar-refractivity contribution in [1.29, 1.82) is 0 Å². The number of sulfonamides is 1. The molecule has 1 fully saturated rings. The standard InChI is InChI=1S/C21H29N5O2S2/c1-24-11-13-26(14-12-24)19-9-7-17(8-10-19)16-22-21(29)23-18-5-4-6-20(15-18)25(2)30(3,27)28/h4-10,15H,11-14,16H2,1-3H3,(H2,22,23,29). The first-order chi connectivity index (χ1) is 14.2. The van der Waals surface area contributed by atoms with E-state index in [9.17, 15) is 8.42 Å². The molecule has 0 atom stereocenters. The van der Waals surface area contributed by atoms with Crippen molar-refractivity contribution < 1.29 is 8.42 Å². The van der Waals surface area contributed by atoms with Crippen molar-refractivity contribution in [2.24, 2.45) is 0 Å². The molecular formula is C21H29N5O2S2. The zero-order chi connectivity index (χ0) is 21.7. The van der Waals surface area contributed by atoms with Gasteiger partial charge in [-0.1, -0.05) is 18.2 Å². The molecule has 0 saturated carbocycles. The quantitative estimate of drug-likeness (QED) is 0.659. The average Bonchev–Trinajstić information content (AvgIpc) is 2.72. The van der Waals surface area contributed by atoms with Crippen molar-refractivity contribution in [3.63, 3.8) is 0 Å². The second kappa shape index (κ2) is 9.63. The zero-order valence-corrected chi connectivity index (χ0v) is 19.3. The van der Waals surface area contributed by atoms with Gasteiger partial charge in [0, 0.05) is 51.1 Å². The van der Waals surface area contributed by atoms with Gasteiger partial charge in [0.25, 0.3) is 0 Å². The van der Waals surface area contributed by atoms with E-state index in [2.05, 4.69) is 51.7 Å². The molecule has 0 unspecified atom stereocenters. The molecule has 1 aliphatic rings. The topological polar surface area (TPSA) is 67.9 Å². The van der Waals surface area contributed by atoms with Gasteiger partial charge in [-0.25, -0.2) is 8.42 Å². The van der Waals surface area contributed by atoms with Crippen molar-refractivity contribution in [3.05, 3.63) is 54.1 Å². The number of anilines is 3. The Morgan fingerprint density at radius 3 is 2.40 bits per heavy atom. The predicted octanol–water partition coefficient (Wildman–Crippen LogP) is 2.32. The van der Waals surface area contributed by atoms with Crippen LogP contribution in [0.1, 0.15) is 5.56 Å². The number of hydrogen-bond donors (Lipinski definition) is 2. The number of nitrogens with zero attached hydrogens (tertiary/aromatic N) is 3. The molecule has 2 aromatic rings. The maximum Gasteiger partial charge on any atom is 0.231 e. The number of likely N-dealkylation sites (N-methyl/N-ethyl adjacent to an activating group) is 1. The first-order valence-electron chi connectivity index (χ1n) is 9.83. The second-order valence-corrected chi connectivity index (χ2v) is 9.97. The van der Waals surface area contributed by atoms with Gasteiger partial charge >= 0.3 is 0 Å². The van der Waals surface area contributed by atoms with Gasteiger partial charge in [-0.3, -0.25) is 4.31 Å². The Kier molecular flexibility index (Phi) is 7.17. The first-order valence-corrected chi connectivity index (χ1v) is 12.1. The van der Waals surface area contributed by atoms with Gasteiger partial charge in [-0.05, 0) is 55.2 Å². The molecule has 9 heteroatoms. The molecule has 30 heavy (non-hydrogen) atoms. The Morgan fingerprint density at radius 1 is 1.10 bits per heavy atom. The number of rotatable bonds is 6. The molecule has 1 aliphatic heterocycles. The third-order valence-electron chi connectivity index (χ3n) is 5.22. The zero-order valence-electron chi connectivity index (χ0n) is 17.6. The lowest BCUT2D eigenvalue weighted by atomic mass is 10.2. The van der Waals surface area contributed by atoms with E-state index in [0.29, 0.717) is 17.3 Å². The van der Waals surface area contributed by atoms with E-state index in [1.54, 1.807) is 18.2 Å². The lowest BCUT2D eigenvalue weighted by Gasteiger charge is -2.34. The fourth-order valence-electron chi connectivity index (χ4n) is 3.22. The summed E-state index contributed by atoms with van der Waals surface area (Å²) in [6.07, 6.45) is 1.17. The summed E-state index contributed by atoms with van der Waals surface area (Å²) in [6.45, 7) is 4.89. The minimum absolute atomic E-state index is 0.484. The van der Waals surface area contributed by atoms with Crippen molar-refractivity contribution >= 4 is 44.4 Å². The summed E-state index contributed by atoms with van der Waals surface area (Å²) >= 11 is 5.39. The van der Waals surface area contributed by atoms with Gasteiger partial charge in [-0.2, -0.15) is 0 Å². The van der Waals surface area contributed by atoms with Gasteiger partial charge in [0.1, 0.15) is 0 Å². The highest BCUT2D eigenvalue weighted by Crippen LogP contribution is 2.20. The highest BCUT2D eigenvalue weighted by atomic mass is 32.2. The van der Waals surface area contributed by atoms with Gasteiger partial charge in [0.2, 0.25) is 10.0 Å². The third kappa shape index (κ3) is 6.07. The number of piperazine rings is 1. The average molecular weight is 448 g/mol. The molecule has 0 aromatic heterocycles. The summed E-state index contributed by atoms with van der Waals surface area (Å²) in [5, 5.41) is 6.80. The molecule has 162 valence electrons. The number of thiocarbonyl (C=S) groups is 1. The predicted molar refractivity (Wildman–Crippen MR) is 129 cm³/mol. The van der Waals surface area contributed by atoms with E-state index >= 15 is 0 Å². The Labute approximate surface area is 184 Å². The van der Waals surface area contributed by atoms with E-state index in [1.807, 2.05) is 6.07 Å². The summed E-state index contributed by atoms with van der Waals surface area (Å²) in [6, 6.07) is 15.7. The van der Waals surface area contributed by atoms with Crippen LogP contribution >= 0.6 is 12.2 Å². The highest BCUT2D eigenvalue weighted by Gasteiger charge is 2.14. The number of hydrogen-bond acceptors (Lipinski definition) is 5. The molecule has 2 N–H and O–H groups in total. The van der Waals surface area contributed by atoms with E-state index in [4.69, 9.17) is 12.2 Å². The molecule has 0 amide bonds. The van der Waals surface area contributed by atoms with Crippen molar-refractivity contribution in [3.8, 4) is 0 Å². The molecule has 0 radical (unpaired) electrons. The maximum absolute atomic E-state index is 11.7. The minimum atomic E-state index is -3.31. The lowest BCUT2D eigenvalue weighted by Crippen LogP contribution is -2.44. The summed E-state index contributed by atoms with van der Waals surface area (Å²) < 4.78 is 24.7. The van der Waals surface area contributed by atoms with Crippen LogP contribution in [0.4, 0.5) is 17.1 Å². The van der Waals surface area contributed by atoms with Crippen LogP contribution in [0.25, 0.3) is 0 Å². The molecule has 7 nitrogen and oxygen atoms in total. The minimum Gasteiger partial charge on any atom is -0.369 e.